The standard InChI is InChI=1S/C25H28FN5O/c1-30-10-12-31(13-11-30)16-25(32)27-20-6-8-22-18(14-20)4-9-24(28-22)29-23-7-3-17-2-5-19(26)15-21(17)23/h2,4-6,8-9,14-15,23H,3,7,10-13,16H2,1H3,(H,27,32)(H,28,29). The SMILES string of the molecule is CN1CCN(CC(=O)Nc2ccc3nc(NC4CCc5ccc(F)cc54)ccc3c2)CC1. The lowest BCUT2D eigenvalue weighted by molar-refractivity contribution is -0.117. The smallest absolute Gasteiger partial charge is 0.238 e. The van der Waals surface area contributed by atoms with Gasteiger partial charge in [-0.15, -0.1) is 0 Å². The predicted octanol–water partition coefficient (Wildman–Crippen LogP) is 3.66. The molecule has 5 rings (SSSR count). The molecule has 1 aliphatic carbocycles. The molecule has 7 heteroatoms. The molecule has 6 nitrogen and oxygen atoms in total. The first-order valence-corrected chi connectivity index (χ1v) is 11.2. The zero-order valence-corrected chi connectivity index (χ0v) is 18.3. The number of nitrogens with one attached hydrogen (secondary N) is 2. The summed E-state index contributed by atoms with van der Waals surface area (Å²) in [5.41, 5.74) is 3.84. The molecule has 1 saturated heterocycles. The zero-order chi connectivity index (χ0) is 22.1. The Hall–Kier alpha value is -3.03. The van der Waals surface area contributed by atoms with Crippen LogP contribution in [-0.4, -0.2) is 60.5 Å². The quantitative estimate of drug-likeness (QED) is 0.643. The number of nitrogens with zero attached hydrogens (tertiary/aromatic N) is 3. The minimum Gasteiger partial charge on any atom is -0.363 e. The Labute approximate surface area is 187 Å². The maximum absolute atomic E-state index is 13.7. The number of benzene rings is 2. The summed E-state index contributed by atoms with van der Waals surface area (Å²) in [5, 5.41) is 7.43. The lowest BCUT2D eigenvalue weighted by atomic mass is 10.1. The summed E-state index contributed by atoms with van der Waals surface area (Å²) in [4.78, 5) is 21.6. The number of hydrogen-bond acceptors (Lipinski definition) is 5. The molecule has 0 bridgehead atoms. The second-order valence-electron chi connectivity index (χ2n) is 8.81. The molecule has 1 atom stereocenters. The minimum atomic E-state index is -0.203. The molecule has 2 aromatic carbocycles. The molecule has 2 N–H and O–H groups in total. The van der Waals surface area contributed by atoms with Crippen LogP contribution in [0.3, 0.4) is 0 Å². The molecular weight excluding hydrogens is 405 g/mol. The van der Waals surface area contributed by atoms with E-state index in [1.807, 2.05) is 36.4 Å². The molecule has 1 aromatic heterocycles. The maximum Gasteiger partial charge on any atom is 0.238 e. The van der Waals surface area contributed by atoms with Gasteiger partial charge in [-0.1, -0.05) is 6.07 Å². The molecule has 1 unspecified atom stereocenters. The van der Waals surface area contributed by atoms with Gasteiger partial charge in [0.15, 0.2) is 0 Å². The molecule has 0 radical (unpaired) electrons. The zero-order valence-electron chi connectivity index (χ0n) is 18.3. The average Bonchev–Trinajstić information content (AvgIpc) is 3.17. The van der Waals surface area contributed by atoms with Gasteiger partial charge in [0.25, 0.3) is 0 Å². The maximum atomic E-state index is 13.7. The summed E-state index contributed by atoms with van der Waals surface area (Å²) in [6.07, 6.45) is 1.87. The van der Waals surface area contributed by atoms with E-state index in [2.05, 4.69) is 27.5 Å². The number of fused-ring (bicyclic) bond motifs is 2. The van der Waals surface area contributed by atoms with Crippen LogP contribution >= 0.6 is 0 Å². The van der Waals surface area contributed by atoms with Crippen molar-refractivity contribution in [2.45, 2.75) is 18.9 Å². The van der Waals surface area contributed by atoms with Gasteiger partial charge in [0.05, 0.1) is 18.1 Å². The molecular formula is C25H28FN5O. The lowest BCUT2D eigenvalue weighted by Crippen LogP contribution is -2.47. The second-order valence-corrected chi connectivity index (χ2v) is 8.81. The van der Waals surface area contributed by atoms with Crippen molar-refractivity contribution in [2.75, 3.05) is 50.4 Å². The summed E-state index contributed by atoms with van der Waals surface area (Å²) < 4.78 is 13.7. The summed E-state index contributed by atoms with van der Waals surface area (Å²) in [6, 6.07) is 14.8. The van der Waals surface area contributed by atoms with Crippen molar-refractivity contribution in [3.8, 4) is 0 Å². The minimum absolute atomic E-state index is 0.00674. The van der Waals surface area contributed by atoms with Crippen LogP contribution < -0.4 is 10.6 Å². The molecule has 32 heavy (non-hydrogen) atoms. The molecule has 3 aromatic rings. The van der Waals surface area contributed by atoms with Crippen LogP contribution in [0.1, 0.15) is 23.6 Å². The van der Waals surface area contributed by atoms with Crippen LogP contribution in [-0.2, 0) is 11.2 Å². The third-order valence-corrected chi connectivity index (χ3v) is 6.44. The predicted molar refractivity (Wildman–Crippen MR) is 125 cm³/mol. The van der Waals surface area contributed by atoms with E-state index in [0.717, 1.165) is 67.0 Å². The molecule has 0 saturated carbocycles. The number of aromatic nitrogens is 1. The fourth-order valence-corrected chi connectivity index (χ4v) is 4.59. The van der Waals surface area contributed by atoms with Crippen LogP contribution in [0.25, 0.3) is 10.9 Å². The summed E-state index contributed by atoms with van der Waals surface area (Å²) >= 11 is 0. The van der Waals surface area contributed by atoms with Crippen molar-refractivity contribution >= 4 is 28.3 Å². The van der Waals surface area contributed by atoms with Crippen molar-refractivity contribution in [1.82, 2.24) is 14.8 Å². The lowest BCUT2D eigenvalue weighted by Gasteiger charge is -2.31. The number of rotatable bonds is 5. The van der Waals surface area contributed by atoms with Crippen LogP contribution in [0.15, 0.2) is 48.5 Å². The van der Waals surface area contributed by atoms with Crippen LogP contribution in [0.2, 0.25) is 0 Å². The van der Waals surface area contributed by atoms with E-state index in [0.29, 0.717) is 6.54 Å². The van der Waals surface area contributed by atoms with E-state index >= 15 is 0 Å². The number of amides is 1. The van der Waals surface area contributed by atoms with Crippen LogP contribution in [0, 0.1) is 5.82 Å². The number of aryl methyl sites for hydroxylation is 1. The van der Waals surface area contributed by atoms with E-state index in [1.165, 1.54) is 11.6 Å². The van der Waals surface area contributed by atoms with Crippen molar-refractivity contribution in [3.05, 3.63) is 65.5 Å². The number of carbonyl (C=O) groups excluding carboxylic acids is 1. The van der Waals surface area contributed by atoms with Gasteiger partial charge in [-0.25, -0.2) is 9.37 Å². The van der Waals surface area contributed by atoms with Gasteiger partial charge in [0.1, 0.15) is 11.6 Å². The highest BCUT2D eigenvalue weighted by Gasteiger charge is 2.23. The van der Waals surface area contributed by atoms with Crippen molar-refractivity contribution in [2.24, 2.45) is 0 Å². The third-order valence-electron chi connectivity index (χ3n) is 6.44. The molecule has 1 aliphatic heterocycles. The van der Waals surface area contributed by atoms with Crippen molar-refractivity contribution < 1.29 is 9.18 Å². The number of piperazine rings is 1. The number of anilines is 2. The van der Waals surface area contributed by atoms with Gasteiger partial charge < -0.3 is 15.5 Å². The summed E-state index contributed by atoms with van der Waals surface area (Å²) in [7, 11) is 2.11. The first-order valence-electron chi connectivity index (χ1n) is 11.2. The first-order chi connectivity index (χ1) is 15.5. The van der Waals surface area contributed by atoms with Crippen LogP contribution in [0.5, 0.6) is 0 Å². The number of carbonyl (C=O) groups is 1. The number of pyridine rings is 1. The van der Waals surface area contributed by atoms with E-state index in [4.69, 9.17) is 4.98 Å². The first kappa shape index (κ1) is 20.8. The molecule has 1 amide bonds. The molecule has 2 heterocycles. The van der Waals surface area contributed by atoms with Gasteiger partial charge in [-0.3, -0.25) is 9.69 Å². The molecule has 1 fully saturated rings. The molecule has 2 aliphatic rings. The summed E-state index contributed by atoms with van der Waals surface area (Å²) in [6.45, 7) is 4.23. The number of halogens is 1. The number of likely N-dealkylation sites (N-methyl/N-ethyl adjacent to an activating group) is 1. The van der Waals surface area contributed by atoms with Gasteiger partial charge in [-0.2, -0.15) is 0 Å². The van der Waals surface area contributed by atoms with Crippen molar-refractivity contribution in [3.63, 3.8) is 0 Å². The highest BCUT2D eigenvalue weighted by atomic mass is 19.1. The molecule has 166 valence electrons. The third kappa shape index (κ3) is 4.59. The highest BCUT2D eigenvalue weighted by molar-refractivity contribution is 5.95. The van der Waals surface area contributed by atoms with Crippen LogP contribution in [0.4, 0.5) is 15.9 Å². The van der Waals surface area contributed by atoms with Gasteiger partial charge in [-0.05, 0) is 73.5 Å². The average molecular weight is 434 g/mol. The van der Waals surface area contributed by atoms with E-state index in [9.17, 15) is 9.18 Å². The highest BCUT2D eigenvalue weighted by Crippen LogP contribution is 2.34. The Balaban J connectivity index is 1.24. The number of hydrogen-bond donors (Lipinski definition) is 2. The van der Waals surface area contributed by atoms with Gasteiger partial charge in [0, 0.05) is 37.3 Å². The normalized spacial score (nSPS) is 19.1. The fraction of sp³-hybridized carbons (Fsp3) is 0.360. The molecule has 0 spiro atoms. The second kappa shape index (κ2) is 8.84. The Morgan fingerprint density at radius 2 is 1.94 bits per heavy atom. The largest absolute Gasteiger partial charge is 0.363 e. The van der Waals surface area contributed by atoms with Gasteiger partial charge in [0.2, 0.25) is 5.91 Å². The van der Waals surface area contributed by atoms with E-state index in [-0.39, 0.29) is 17.8 Å². The fourth-order valence-electron chi connectivity index (χ4n) is 4.59. The monoisotopic (exact) mass is 433 g/mol. The Bertz CT molecular complexity index is 1140. The van der Waals surface area contributed by atoms with E-state index < -0.39 is 0 Å². The van der Waals surface area contributed by atoms with E-state index in [1.54, 1.807) is 6.07 Å². The Kier molecular flexibility index (Phi) is 5.76. The van der Waals surface area contributed by atoms with Gasteiger partial charge >= 0.3 is 0 Å². The topological polar surface area (TPSA) is 60.5 Å². The Morgan fingerprint density at radius 3 is 2.78 bits per heavy atom. The van der Waals surface area contributed by atoms with Crippen molar-refractivity contribution in [1.29, 1.82) is 0 Å². The Morgan fingerprint density at radius 1 is 1.09 bits per heavy atom. The summed E-state index contributed by atoms with van der Waals surface area (Å²) in [5.74, 6) is 0.574.